The number of H-pyrrole nitrogens is 1. The average Bonchev–Trinajstić information content (AvgIpc) is 2.87. The van der Waals surface area contributed by atoms with Crippen molar-refractivity contribution in [2.45, 2.75) is 39.8 Å². The van der Waals surface area contributed by atoms with Gasteiger partial charge < -0.3 is 4.57 Å². The highest BCUT2D eigenvalue weighted by molar-refractivity contribution is 4.66. The molecule has 0 aromatic carbocycles. The zero-order valence-corrected chi connectivity index (χ0v) is 10.5. The number of aromatic amines is 1. The second-order valence-corrected chi connectivity index (χ2v) is 4.17. The monoisotopic (exact) mass is 238 g/mol. The van der Waals surface area contributed by atoms with Gasteiger partial charge in [0.25, 0.3) is 0 Å². The predicted octanol–water partition coefficient (Wildman–Crippen LogP) is 1.01. The van der Waals surface area contributed by atoms with Crippen molar-refractivity contribution in [2.24, 2.45) is 0 Å². The Morgan fingerprint density at radius 1 is 1.06 bits per heavy atom. The number of hydrogen-bond donors (Lipinski definition) is 1. The van der Waals surface area contributed by atoms with Gasteiger partial charge in [-0.15, -0.1) is 10.2 Å². The van der Waals surface area contributed by atoms with E-state index in [1.165, 1.54) is 10.9 Å². The first kappa shape index (κ1) is 13.1. The SMILES string of the molecule is CC(C)n1cn[nH]c1=O.CC(C)n1cnnc1. The normalized spacial score (nSPS) is 10.5. The second kappa shape index (κ2) is 5.97. The highest BCUT2D eigenvalue weighted by atomic mass is 16.1. The average molecular weight is 238 g/mol. The lowest BCUT2D eigenvalue weighted by molar-refractivity contribution is 0.579. The third-order valence-corrected chi connectivity index (χ3v) is 2.17. The molecule has 7 nitrogen and oxygen atoms in total. The summed E-state index contributed by atoms with van der Waals surface area (Å²) >= 11 is 0. The summed E-state index contributed by atoms with van der Waals surface area (Å²) in [6, 6.07) is 0.668. The molecule has 0 unspecified atom stereocenters. The minimum Gasteiger partial charge on any atom is -0.318 e. The van der Waals surface area contributed by atoms with Crippen LogP contribution in [0.5, 0.6) is 0 Å². The smallest absolute Gasteiger partial charge is 0.318 e. The van der Waals surface area contributed by atoms with E-state index < -0.39 is 0 Å². The number of rotatable bonds is 2. The lowest BCUT2D eigenvalue weighted by atomic mass is 10.4. The summed E-state index contributed by atoms with van der Waals surface area (Å²) < 4.78 is 3.47. The fourth-order valence-electron chi connectivity index (χ4n) is 1.10. The van der Waals surface area contributed by atoms with Crippen LogP contribution in [0.4, 0.5) is 0 Å². The molecule has 7 heteroatoms. The van der Waals surface area contributed by atoms with Gasteiger partial charge in [0.15, 0.2) is 0 Å². The molecular formula is C10H18N6O. The molecule has 0 bridgehead atoms. The van der Waals surface area contributed by atoms with Gasteiger partial charge in [0.1, 0.15) is 19.0 Å². The van der Waals surface area contributed by atoms with Crippen LogP contribution >= 0.6 is 0 Å². The van der Waals surface area contributed by atoms with Crippen LogP contribution in [0.2, 0.25) is 0 Å². The summed E-state index contributed by atoms with van der Waals surface area (Å²) in [6.45, 7) is 8.03. The second-order valence-electron chi connectivity index (χ2n) is 4.17. The van der Waals surface area contributed by atoms with E-state index in [1.54, 1.807) is 12.7 Å². The molecule has 0 amide bonds. The minimum absolute atomic E-state index is 0.148. The Morgan fingerprint density at radius 2 is 1.65 bits per heavy atom. The lowest BCUT2D eigenvalue weighted by Gasteiger charge is -2.01. The van der Waals surface area contributed by atoms with E-state index in [0.717, 1.165) is 0 Å². The molecule has 0 radical (unpaired) electrons. The molecule has 0 aliphatic heterocycles. The van der Waals surface area contributed by atoms with Gasteiger partial charge in [0, 0.05) is 12.1 Å². The largest absolute Gasteiger partial charge is 0.343 e. The Kier molecular flexibility index (Phi) is 4.62. The highest BCUT2D eigenvalue weighted by Gasteiger charge is 1.98. The molecule has 0 fully saturated rings. The van der Waals surface area contributed by atoms with E-state index in [4.69, 9.17) is 0 Å². The first-order valence-corrected chi connectivity index (χ1v) is 5.48. The van der Waals surface area contributed by atoms with Gasteiger partial charge >= 0.3 is 5.69 Å². The molecule has 2 heterocycles. The minimum atomic E-state index is -0.148. The van der Waals surface area contributed by atoms with Gasteiger partial charge in [0.2, 0.25) is 0 Å². The van der Waals surface area contributed by atoms with E-state index in [0.29, 0.717) is 6.04 Å². The van der Waals surface area contributed by atoms with Crippen molar-refractivity contribution in [3.05, 3.63) is 29.5 Å². The maximum atomic E-state index is 10.7. The Hall–Kier alpha value is -1.92. The molecule has 2 aromatic rings. The van der Waals surface area contributed by atoms with Gasteiger partial charge in [0.05, 0.1) is 0 Å². The highest BCUT2D eigenvalue weighted by Crippen LogP contribution is 1.98. The Bertz CT molecular complexity index is 467. The first-order valence-electron chi connectivity index (χ1n) is 5.48. The zero-order chi connectivity index (χ0) is 12.8. The van der Waals surface area contributed by atoms with Crippen molar-refractivity contribution in [3.63, 3.8) is 0 Å². The van der Waals surface area contributed by atoms with Crippen LogP contribution in [-0.2, 0) is 0 Å². The molecule has 2 rings (SSSR count). The number of hydrogen-bond acceptors (Lipinski definition) is 4. The molecule has 17 heavy (non-hydrogen) atoms. The standard InChI is InChI=1S/C5H9N3O.C5H9N3/c1-4(2)8-3-6-7-5(8)9;1-5(2)8-3-6-7-4-8/h3-4H,1-2H3,(H,7,9);3-5H,1-2H3. The van der Waals surface area contributed by atoms with Crippen molar-refractivity contribution in [1.29, 1.82) is 0 Å². The van der Waals surface area contributed by atoms with Crippen molar-refractivity contribution in [2.75, 3.05) is 0 Å². The van der Waals surface area contributed by atoms with Crippen LogP contribution in [0.25, 0.3) is 0 Å². The van der Waals surface area contributed by atoms with Crippen molar-refractivity contribution < 1.29 is 0 Å². The van der Waals surface area contributed by atoms with E-state index >= 15 is 0 Å². The third kappa shape index (κ3) is 3.86. The van der Waals surface area contributed by atoms with Gasteiger partial charge in [-0.3, -0.25) is 4.57 Å². The summed E-state index contributed by atoms with van der Waals surface area (Å²) in [5, 5.41) is 13.2. The third-order valence-electron chi connectivity index (χ3n) is 2.17. The fourth-order valence-corrected chi connectivity index (χ4v) is 1.10. The van der Waals surface area contributed by atoms with E-state index in [1.807, 2.05) is 18.4 Å². The molecule has 94 valence electrons. The molecule has 0 saturated carbocycles. The van der Waals surface area contributed by atoms with Crippen LogP contribution in [0.1, 0.15) is 39.8 Å². The van der Waals surface area contributed by atoms with E-state index in [9.17, 15) is 4.79 Å². The Balaban J connectivity index is 0.000000171. The van der Waals surface area contributed by atoms with Crippen LogP contribution in [-0.4, -0.2) is 29.5 Å². The molecule has 1 N–H and O–H groups in total. The van der Waals surface area contributed by atoms with Crippen molar-refractivity contribution in [1.82, 2.24) is 29.5 Å². The van der Waals surface area contributed by atoms with E-state index in [2.05, 4.69) is 34.2 Å². The maximum absolute atomic E-state index is 10.7. The van der Waals surface area contributed by atoms with Crippen molar-refractivity contribution in [3.8, 4) is 0 Å². The molecule has 0 aliphatic carbocycles. The van der Waals surface area contributed by atoms with Crippen LogP contribution in [0.3, 0.4) is 0 Å². The van der Waals surface area contributed by atoms with Gasteiger partial charge in [-0.25, -0.2) is 9.89 Å². The Morgan fingerprint density at radius 3 is 1.88 bits per heavy atom. The molecule has 2 aromatic heterocycles. The molecular weight excluding hydrogens is 220 g/mol. The lowest BCUT2D eigenvalue weighted by Crippen LogP contribution is -2.17. The van der Waals surface area contributed by atoms with Crippen LogP contribution < -0.4 is 5.69 Å². The first-order chi connectivity index (χ1) is 8.02. The maximum Gasteiger partial charge on any atom is 0.343 e. The number of nitrogens with zero attached hydrogens (tertiary/aromatic N) is 5. The van der Waals surface area contributed by atoms with Gasteiger partial charge in [-0.2, -0.15) is 5.10 Å². The zero-order valence-electron chi connectivity index (χ0n) is 10.5. The summed E-state index contributed by atoms with van der Waals surface area (Å²) in [6.07, 6.45) is 4.92. The summed E-state index contributed by atoms with van der Waals surface area (Å²) in [5.74, 6) is 0. The number of aromatic nitrogens is 6. The summed E-state index contributed by atoms with van der Waals surface area (Å²) in [7, 11) is 0. The molecule has 0 saturated heterocycles. The van der Waals surface area contributed by atoms with E-state index in [-0.39, 0.29) is 11.7 Å². The van der Waals surface area contributed by atoms with Gasteiger partial charge in [-0.05, 0) is 27.7 Å². The van der Waals surface area contributed by atoms with Crippen LogP contribution in [0.15, 0.2) is 23.8 Å². The Labute approximate surface area is 99.5 Å². The van der Waals surface area contributed by atoms with Crippen molar-refractivity contribution >= 4 is 0 Å². The molecule has 0 spiro atoms. The van der Waals surface area contributed by atoms with Gasteiger partial charge in [-0.1, -0.05) is 0 Å². The van der Waals surface area contributed by atoms with Crippen LogP contribution in [0, 0.1) is 0 Å². The topological polar surface area (TPSA) is 81.4 Å². The quantitative estimate of drug-likeness (QED) is 0.846. The molecule has 0 aliphatic rings. The molecule has 0 atom stereocenters. The predicted molar refractivity (Wildman–Crippen MR) is 63.6 cm³/mol. The fraction of sp³-hybridized carbons (Fsp3) is 0.600. The summed E-state index contributed by atoms with van der Waals surface area (Å²) in [4.78, 5) is 10.7. The summed E-state index contributed by atoms with van der Waals surface area (Å²) in [5.41, 5.74) is -0.148. The number of nitrogens with one attached hydrogen (secondary N) is 1.